The Labute approximate surface area is 91.9 Å². The lowest BCUT2D eigenvalue weighted by Crippen LogP contribution is -2.29. The van der Waals surface area contributed by atoms with Gasteiger partial charge in [-0.3, -0.25) is 4.55 Å². The average Bonchev–Trinajstić information content (AvgIpc) is 2.13. The molecule has 0 saturated heterocycles. The molecule has 3 N–H and O–H groups in total. The van der Waals surface area contributed by atoms with E-state index >= 15 is 0 Å². The van der Waals surface area contributed by atoms with Crippen LogP contribution in [0.4, 0.5) is 0 Å². The lowest BCUT2D eigenvalue weighted by atomic mass is 10.3. The Kier molecular flexibility index (Phi) is 9.76. The van der Waals surface area contributed by atoms with E-state index in [1.165, 1.54) is 0 Å². The van der Waals surface area contributed by atoms with Crippen molar-refractivity contribution in [2.45, 2.75) is 33.2 Å². The fourth-order valence-electron chi connectivity index (χ4n) is 0.691. The third-order valence-corrected chi connectivity index (χ3v) is 2.33. The molecule has 5 nitrogen and oxygen atoms in total. The fraction of sp³-hybridized carbons (Fsp3) is 0.778. The van der Waals surface area contributed by atoms with Gasteiger partial charge in [-0.15, -0.1) is 0 Å². The first kappa shape index (κ1) is 16.8. The van der Waals surface area contributed by atoms with Gasteiger partial charge in [-0.1, -0.05) is 20.4 Å². The van der Waals surface area contributed by atoms with Crippen molar-refractivity contribution in [3.05, 3.63) is 12.3 Å². The summed E-state index contributed by atoms with van der Waals surface area (Å²) in [5.41, 5.74) is 0. The van der Waals surface area contributed by atoms with Gasteiger partial charge in [-0.25, -0.2) is 0 Å². The molecule has 0 fully saturated rings. The Morgan fingerprint density at radius 2 is 1.93 bits per heavy atom. The topological polar surface area (TPSA) is 86.6 Å². The van der Waals surface area contributed by atoms with Gasteiger partial charge in [0.2, 0.25) is 0 Å². The molecule has 0 aliphatic rings. The highest BCUT2D eigenvalue weighted by molar-refractivity contribution is 7.85. The van der Waals surface area contributed by atoms with Crippen molar-refractivity contribution >= 4 is 10.1 Å². The largest absolute Gasteiger partial charge is 0.511 e. The lowest BCUT2D eigenvalue weighted by Gasteiger charge is -2.10. The van der Waals surface area contributed by atoms with Gasteiger partial charge in [0.1, 0.15) is 5.76 Å². The number of hydrogen-bond donors (Lipinski definition) is 3. The van der Waals surface area contributed by atoms with Crippen LogP contribution in [-0.4, -0.2) is 36.4 Å². The van der Waals surface area contributed by atoms with E-state index in [0.717, 1.165) is 0 Å². The molecule has 0 spiro atoms. The second-order valence-corrected chi connectivity index (χ2v) is 4.38. The molecule has 0 aromatic carbocycles. The van der Waals surface area contributed by atoms with Crippen molar-refractivity contribution in [3.8, 4) is 0 Å². The van der Waals surface area contributed by atoms with Crippen LogP contribution in [0.5, 0.6) is 0 Å². The summed E-state index contributed by atoms with van der Waals surface area (Å²) in [4.78, 5) is 0. The smallest absolute Gasteiger partial charge is 0.264 e. The van der Waals surface area contributed by atoms with E-state index in [9.17, 15) is 8.42 Å². The molecule has 0 radical (unpaired) electrons. The standard InChI is InChI=1S/C7H15NO4S.C2H6/c1-6(7(2)9)8-4-3-5-13(10,11)12;1-2/h6,8-9H,2-5H2,1H3,(H,10,11,12);1-2H3/t6-;/m0./s1. The van der Waals surface area contributed by atoms with E-state index in [1.807, 2.05) is 13.8 Å². The molecule has 1 atom stereocenters. The van der Waals surface area contributed by atoms with Gasteiger partial charge in [0.05, 0.1) is 11.8 Å². The first-order chi connectivity index (χ1) is 6.83. The molecular weight excluding hydrogens is 218 g/mol. The Hall–Kier alpha value is -0.590. The second-order valence-electron chi connectivity index (χ2n) is 2.81. The SMILES string of the molecule is C=C(O)[C@H](C)NCCCS(=O)(=O)O.CC. The van der Waals surface area contributed by atoms with E-state index in [-0.39, 0.29) is 17.6 Å². The van der Waals surface area contributed by atoms with Crippen LogP contribution in [0.3, 0.4) is 0 Å². The molecule has 0 unspecified atom stereocenters. The minimum absolute atomic E-state index is 0.00635. The van der Waals surface area contributed by atoms with Gasteiger partial charge in [-0.05, 0) is 19.9 Å². The molecule has 0 bridgehead atoms. The molecular formula is C9H21NO4S. The van der Waals surface area contributed by atoms with E-state index in [0.29, 0.717) is 13.0 Å². The highest BCUT2D eigenvalue weighted by atomic mass is 32.2. The summed E-state index contributed by atoms with van der Waals surface area (Å²) in [6.07, 6.45) is 0.302. The third kappa shape index (κ3) is 13.4. The van der Waals surface area contributed by atoms with Crippen LogP contribution in [0.15, 0.2) is 12.3 Å². The molecule has 0 aliphatic heterocycles. The zero-order valence-corrected chi connectivity index (χ0v) is 10.3. The number of aliphatic hydroxyl groups excluding tert-OH is 1. The average molecular weight is 239 g/mol. The highest BCUT2D eigenvalue weighted by Gasteiger charge is 2.06. The van der Waals surface area contributed by atoms with Crippen molar-refractivity contribution in [1.82, 2.24) is 5.32 Å². The summed E-state index contributed by atoms with van der Waals surface area (Å²) in [6.45, 7) is 9.42. The van der Waals surface area contributed by atoms with Crippen LogP contribution in [-0.2, 0) is 10.1 Å². The van der Waals surface area contributed by atoms with Gasteiger partial charge in [0.25, 0.3) is 10.1 Å². The summed E-state index contributed by atoms with van der Waals surface area (Å²) in [7, 11) is -3.87. The maximum atomic E-state index is 10.3. The molecule has 0 saturated carbocycles. The van der Waals surface area contributed by atoms with E-state index in [4.69, 9.17) is 9.66 Å². The molecule has 0 heterocycles. The van der Waals surface area contributed by atoms with Gasteiger partial charge < -0.3 is 10.4 Å². The number of nitrogens with one attached hydrogen (secondary N) is 1. The molecule has 0 aromatic rings. The van der Waals surface area contributed by atoms with Crippen LogP contribution >= 0.6 is 0 Å². The maximum absolute atomic E-state index is 10.3. The predicted octanol–water partition coefficient (Wildman–Crippen LogP) is 1.34. The summed E-state index contributed by atoms with van der Waals surface area (Å²) in [6, 6.07) is -0.263. The lowest BCUT2D eigenvalue weighted by molar-refractivity contribution is 0.352. The number of hydrogen-bond acceptors (Lipinski definition) is 4. The van der Waals surface area contributed by atoms with E-state index in [2.05, 4.69) is 11.9 Å². The van der Waals surface area contributed by atoms with E-state index < -0.39 is 10.1 Å². The number of aliphatic hydroxyl groups is 1. The summed E-state index contributed by atoms with van der Waals surface area (Å²) >= 11 is 0. The first-order valence-corrected chi connectivity index (χ1v) is 6.50. The van der Waals surface area contributed by atoms with Crippen molar-refractivity contribution in [2.75, 3.05) is 12.3 Å². The molecule has 92 valence electrons. The third-order valence-electron chi connectivity index (χ3n) is 1.53. The minimum Gasteiger partial charge on any atom is -0.511 e. The molecule has 0 aliphatic carbocycles. The number of rotatable bonds is 6. The maximum Gasteiger partial charge on any atom is 0.264 e. The molecule has 6 heteroatoms. The van der Waals surface area contributed by atoms with Crippen LogP contribution in [0.2, 0.25) is 0 Å². The predicted molar refractivity (Wildman–Crippen MR) is 61.6 cm³/mol. The van der Waals surface area contributed by atoms with Crippen LogP contribution in [0, 0.1) is 0 Å². The first-order valence-electron chi connectivity index (χ1n) is 4.89. The van der Waals surface area contributed by atoms with Gasteiger partial charge in [0.15, 0.2) is 0 Å². The molecule has 0 rings (SSSR count). The zero-order chi connectivity index (χ0) is 12.5. The van der Waals surface area contributed by atoms with Crippen LogP contribution in [0.25, 0.3) is 0 Å². The summed E-state index contributed by atoms with van der Waals surface area (Å²) in [5.74, 6) is -0.267. The Balaban J connectivity index is 0. The van der Waals surface area contributed by atoms with Gasteiger partial charge in [-0.2, -0.15) is 8.42 Å². The van der Waals surface area contributed by atoms with E-state index in [1.54, 1.807) is 6.92 Å². The minimum atomic E-state index is -3.87. The van der Waals surface area contributed by atoms with Crippen molar-refractivity contribution < 1.29 is 18.1 Å². The normalized spacial score (nSPS) is 12.5. The molecule has 0 aromatic heterocycles. The highest BCUT2D eigenvalue weighted by Crippen LogP contribution is 1.93. The van der Waals surface area contributed by atoms with Crippen molar-refractivity contribution in [3.63, 3.8) is 0 Å². The summed E-state index contributed by atoms with van der Waals surface area (Å²) in [5, 5.41) is 11.7. The van der Waals surface area contributed by atoms with Crippen LogP contribution in [0.1, 0.15) is 27.2 Å². The molecule has 15 heavy (non-hydrogen) atoms. The van der Waals surface area contributed by atoms with Gasteiger partial charge in [0, 0.05) is 0 Å². The monoisotopic (exact) mass is 239 g/mol. The van der Waals surface area contributed by atoms with Crippen molar-refractivity contribution in [1.29, 1.82) is 0 Å². The molecule has 0 amide bonds. The summed E-state index contributed by atoms with van der Waals surface area (Å²) < 4.78 is 28.9. The zero-order valence-electron chi connectivity index (χ0n) is 9.52. The quantitative estimate of drug-likeness (QED) is 0.370. The van der Waals surface area contributed by atoms with Crippen molar-refractivity contribution in [2.24, 2.45) is 0 Å². The second kappa shape index (κ2) is 8.70. The Morgan fingerprint density at radius 3 is 2.27 bits per heavy atom. The fourth-order valence-corrected chi connectivity index (χ4v) is 1.20. The van der Waals surface area contributed by atoms with Crippen LogP contribution < -0.4 is 5.32 Å². The van der Waals surface area contributed by atoms with Gasteiger partial charge >= 0.3 is 0 Å². The Bertz CT molecular complexity index is 261. The Morgan fingerprint density at radius 1 is 1.47 bits per heavy atom.